The minimum absolute atomic E-state index is 0.000381. The van der Waals surface area contributed by atoms with E-state index in [-0.39, 0.29) is 36.5 Å². The van der Waals surface area contributed by atoms with E-state index in [1.165, 1.54) is 0 Å². The fraction of sp³-hybridized carbons (Fsp3) is 0.917. The lowest BCUT2D eigenvalue weighted by Gasteiger charge is -2.45. The van der Waals surface area contributed by atoms with Crippen molar-refractivity contribution < 1.29 is 15.0 Å². The van der Waals surface area contributed by atoms with Crippen molar-refractivity contribution in [3.05, 3.63) is 0 Å². The first-order valence-electron chi connectivity index (χ1n) is 6.09. The van der Waals surface area contributed by atoms with E-state index >= 15 is 0 Å². The van der Waals surface area contributed by atoms with E-state index in [0.717, 1.165) is 12.8 Å². The van der Waals surface area contributed by atoms with Crippen LogP contribution in [0.3, 0.4) is 0 Å². The summed E-state index contributed by atoms with van der Waals surface area (Å²) < 4.78 is 0. The van der Waals surface area contributed by atoms with Crippen LogP contribution in [0.25, 0.3) is 0 Å². The van der Waals surface area contributed by atoms with Gasteiger partial charge in [-0.3, -0.25) is 4.79 Å². The average Bonchev–Trinajstić information content (AvgIpc) is 2.23. The van der Waals surface area contributed by atoms with Gasteiger partial charge in [0.1, 0.15) is 0 Å². The predicted molar refractivity (Wildman–Crippen MR) is 61.8 cm³/mol. The molecule has 4 heteroatoms. The van der Waals surface area contributed by atoms with Crippen LogP contribution in [0.2, 0.25) is 0 Å². The molecule has 1 atom stereocenters. The zero-order valence-corrected chi connectivity index (χ0v) is 10.2. The summed E-state index contributed by atoms with van der Waals surface area (Å²) in [7, 11) is 0. The topological polar surface area (TPSA) is 69.6 Å². The van der Waals surface area contributed by atoms with Crippen molar-refractivity contribution in [2.45, 2.75) is 45.6 Å². The lowest BCUT2D eigenvalue weighted by Crippen LogP contribution is -2.54. The third-order valence-electron chi connectivity index (χ3n) is 3.55. The number of hydrogen-bond donors (Lipinski definition) is 3. The van der Waals surface area contributed by atoms with E-state index in [2.05, 4.69) is 12.2 Å². The molecule has 0 radical (unpaired) electrons. The van der Waals surface area contributed by atoms with Crippen LogP contribution >= 0.6 is 0 Å². The summed E-state index contributed by atoms with van der Waals surface area (Å²) in [5.41, 5.74) is -0.355. The highest BCUT2D eigenvalue weighted by molar-refractivity contribution is 5.78. The van der Waals surface area contributed by atoms with Crippen LogP contribution in [-0.4, -0.2) is 35.4 Å². The minimum atomic E-state index is -0.355. The van der Waals surface area contributed by atoms with Crippen LogP contribution in [-0.2, 0) is 4.79 Å². The second kappa shape index (κ2) is 5.64. The number of carbonyl (C=O) groups excluding carboxylic acids is 1. The number of nitrogens with one attached hydrogen (secondary N) is 1. The van der Waals surface area contributed by atoms with Gasteiger partial charge in [-0.05, 0) is 19.3 Å². The standard InChI is InChI=1S/C12H23NO3/c1-3-4-9(2)11(16)13-10-5-12(6-10,7-14)8-15/h9-10,14-15H,3-8H2,1-2H3,(H,13,16). The largest absolute Gasteiger partial charge is 0.396 e. The molecule has 1 rings (SSSR count). The van der Waals surface area contributed by atoms with Crippen LogP contribution in [0, 0.1) is 11.3 Å². The number of aliphatic hydroxyl groups excluding tert-OH is 2. The molecule has 0 saturated heterocycles. The third kappa shape index (κ3) is 2.95. The molecular formula is C12H23NO3. The van der Waals surface area contributed by atoms with Crippen LogP contribution < -0.4 is 5.32 Å². The fourth-order valence-electron chi connectivity index (χ4n) is 2.30. The predicted octanol–water partition coefficient (Wildman–Crippen LogP) is 0.672. The minimum Gasteiger partial charge on any atom is -0.396 e. The van der Waals surface area contributed by atoms with Gasteiger partial charge in [0.2, 0.25) is 5.91 Å². The first kappa shape index (κ1) is 13.5. The first-order chi connectivity index (χ1) is 7.56. The van der Waals surface area contributed by atoms with Crippen LogP contribution in [0.5, 0.6) is 0 Å². The molecule has 1 unspecified atom stereocenters. The maximum atomic E-state index is 11.7. The van der Waals surface area contributed by atoms with Crippen molar-refractivity contribution in [3.63, 3.8) is 0 Å². The number of rotatable bonds is 6. The molecular weight excluding hydrogens is 206 g/mol. The molecule has 16 heavy (non-hydrogen) atoms. The summed E-state index contributed by atoms with van der Waals surface area (Å²) >= 11 is 0. The van der Waals surface area contributed by atoms with Crippen LogP contribution in [0.15, 0.2) is 0 Å². The van der Waals surface area contributed by atoms with Crippen molar-refractivity contribution in [1.82, 2.24) is 5.32 Å². The van der Waals surface area contributed by atoms with Crippen molar-refractivity contribution in [2.24, 2.45) is 11.3 Å². The van der Waals surface area contributed by atoms with Gasteiger partial charge in [-0.2, -0.15) is 0 Å². The smallest absolute Gasteiger partial charge is 0.223 e. The highest BCUT2D eigenvalue weighted by atomic mass is 16.3. The molecule has 1 fully saturated rings. The molecule has 3 N–H and O–H groups in total. The SMILES string of the molecule is CCCC(C)C(=O)NC1CC(CO)(CO)C1. The Kier molecular flexibility index (Phi) is 4.74. The molecule has 0 bridgehead atoms. The quantitative estimate of drug-likeness (QED) is 0.627. The molecule has 0 spiro atoms. The lowest BCUT2D eigenvalue weighted by atomic mass is 9.66. The van der Waals surface area contributed by atoms with Crippen molar-refractivity contribution >= 4 is 5.91 Å². The van der Waals surface area contributed by atoms with E-state index < -0.39 is 0 Å². The summed E-state index contributed by atoms with van der Waals surface area (Å²) in [6.45, 7) is 4.00. The Morgan fingerprint density at radius 2 is 2.00 bits per heavy atom. The second-order valence-corrected chi connectivity index (χ2v) is 5.12. The van der Waals surface area contributed by atoms with Gasteiger partial charge in [0.25, 0.3) is 0 Å². The van der Waals surface area contributed by atoms with Crippen molar-refractivity contribution in [1.29, 1.82) is 0 Å². The number of carbonyl (C=O) groups is 1. The molecule has 1 amide bonds. The normalized spacial score (nSPS) is 21.2. The molecule has 1 aliphatic carbocycles. The molecule has 4 nitrogen and oxygen atoms in total. The highest BCUT2D eigenvalue weighted by Gasteiger charge is 2.44. The van der Waals surface area contributed by atoms with Gasteiger partial charge in [-0.1, -0.05) is 20.3 Å². The van der Waals surface area contributed by atoms with E-state index in [4.69, 9.17) is 10.2 Å². The van der Waals surface area contributed by atoms with Crippen LogP contribution in [0.1, 0.15) is 39.5 Å². The van der Waals surface area contributed by atoms with E-state index in [1.54, 1.807) is 0 Å². The second-order valence-electron chi connectivity index (χ2n) is 5.12. The number of aliphatic hydroxyl groups is 2. The maximum absolute atomic E-state index is 11.7. The number of hydrogen-bond acceptors (Lipinski definition) is 3. The third-order valence-corrected chi connectivity index (χ3v) is 3.55. The summed E-state index contributed by atoms with van der Waals surface area (Å²) in [5.74, 6) is 0.152. The lowest BCUT2D eigenvalue weighted by molar-refractivity contribution is -0.128. The Morgan fingerprint density at radius 1 is 1.44 bits per heavy atom. The Hall–Kier alpha value is -0.610. The monoisotopic (exact) mass is 229 g/mol. The van der Waals surface area contributed by atoms with Gasteiger partial charge < -0.3 is 15.5 Å². The molecule has 0 heterocycles. The van der Waals surface area contributed by atoms with E-state index in [0.29, 0.717) is 12.8 Å². The Balaban J connectivity index is 2.29. The molecule has 0 aromatic rings. The van der Waals surface area contributed by atoms with E-state index in [9.17, 15) is 4.79 Å². The van der Waals surface area contributed by atoms with Gasteiger partial charge >= 0.3 is 0 Å². The zero-order chi connectivity index (χ0) is 12.2. The van der Waals surface area contributed by atoms with Gasteiger partial charge in [-0.25, -0.2) is 0 Å². The Labute approximate surface area is 97.0 Å². The molecule has 0 aliphatic heterocycles. The molecule has 1 aliphatic rings. The van der Waals surface area contributed by atoms with Gasteiger partial charge in [0.15, 0.2) is 0 Å². The van der Waals surface area contributed by atoms with Crippen LogP contribution in [0.4, 0.5) is 0 Å². The van der Waals surface area contributed by atoms with Crippen molar-refractivity contribution in [2.75, 3.05) is 13.2 Å². The van der Waals surface area contributed by atoms with Gasteiger partial charge in [0.05, 0.1) is 13.2 Å². The molecule has 1 saturated carbocycles. The summed E-state index contributed by atoms with van der Waals surface area (Å²) in [6, 6.07) is 0.131. The van der Waals surface area contributed by atoms with E-state index in [1.807, 2.05) is 6.92 Å². The molecule has 0 aromatic heterocycles. The summed E-state index contributed by atoms with van der Waals surface area (Å²) in [6.07, 6.45) is 3.29. The Morgan fingerprint density at radius 3 is 2.44 bits per heavy atom. The summed E-state index contributed by atoms with van der Waals surface area (Å²) in [4.78, 5) is 11.7. The highest BCUT2D eigenvalue weighted by Crippen LogP contribution is 2.40. The molecule has 0 aromatic carbocycles. The van der Waals surface area contributed by atoms with Gasteiger partial charge in [-0.15, -0.1) is 0 Å². The summed E-state index contributed by atoms with van der Waals surface area (Å²) in [5, 5.41) is 21.2. The number of amides is 1. The first-order valence-corrected chi connectivity index (χ1v) is 6.09. The Bertz CT molecular complexity index is 230. The average molecular weight is 229 g/mol. The van der Waals surface area contributed by atoms with Gasteiger partial charge in [0, 0.05) is 17.4 Å². The zero-order valence-electron chi connectivity index (χ0n) is 10.2. The molecule has 94 valence electrons. The maximum Gasteiger partial charge on any atom is 0.223 e. The fourth-order valence-corrected chi connectivity index (χ4v) is 2.30. The van der Waals surface area contributed by atoms with Crippen molar-refractivity contribution in [3.8, 4) is 0 Å².